The zero-order valence-electron chi connectivity index (χ0n) is 45.5. The van der Waals surface area contributed by atoms with Gasteiger partial charge in [-0.15, -0.1) is 0 Å². The Kier molecular flexibility index (Phi) is 30.3. The van der Waals surface area contributed by atoms with Crippen molar-refractivity contribution in [1.82, 2.24) is 0 Å². The van der Waals surface area contributed by atoms with Gasteiger partial charge in [0.25, 0.3) is 0 Å². The Morgan fingerprint density at radius 1 is 0.164 bits per heavy atom. The monoisotopic (exact) mass is 1160 g/mol. The van der Waals surface area contributed by atoms with E-state index < -0.39 is 35.2 Å². The van der Waals surface area contributed by atoms with Gasteiger partial charge in [0.15, 0.2) is 0 Å². The molecule has 0 aliphatic carbocycles. The van der Waals surface area contributed by atoms with Gasteiger partial charge in [0, 0.05) is 23.9 Å². The molecule has 0 aromatic heterocycles. The summed E-state index contributed by atoms with van der Waals surface area (Å²) in [5.74, 6) is 0. The molecule has 0 nitrogen and oxygen atoms in total. The van der Waals surface area contributed by atoms with Crippen LogP contribution in [-0.4, -0.2) is 95.0 Å². The molecule has 0 spiro atoms. The summed E-state index contributed by atoms with van der Waals surface area (Å²) >= 11 is 3.28. The molecule has 7 heteroatoms. The van der Waals surface area contributed by atoms with Gasteiger partial charge in [0.1, 0.15) is 0 Å². The summed E-state index contributed by atoms with van der Waals surface area (Å²) in [6.45, 7) is 86.4. The molecular weight excluding hydrogens is 1050 g/mol. The van der Waals surface area contributed by atoms with E-state index in [-0.39, 0.29) is 23.9 Å². The van der Waals surface area contributed by atoms with Crippen LogP contribution in [0.2, 0.25) is 60.5 Å². The Morgan fingerprint density at radius 3 is 0.200 bits per heavy atom. The SMILES string of the molecule is CC(C)(C)[Si](C(C)(C)C)C(C)(C)C.CC(C)(C)[Si](C(C)(C)C)C(C)(C)C.CC(C)(C)[Si](C(C)(C)C)C(C)(C)C.CC(C)(C)[Si](C(C)(C)C)C(C)(C)C.[Sn].[Sn]=[Sn]. The van der Waals surface area contributed by atoms with E-state index in [2.05, 4.69) is 249 Å². The summed E-state index contributed by atoms with van der Waals surface area (Å²) < 4.78 is 0. The van der Waals surface area contributed by atoms with Crippen LogP contribution in [0.1, 0.15) is 249 Å². The molecular formula is C48H108Si4Sn3. The fourth-order valence-corrected chi connectivity index (χ4v) is 40.5. The standard InChI is InChI=1S/4C12H27Si.3Sn/c4*1-10(2,3)13(11(4,5)6)12(7,8)9;;;/h4*1-9H3;;;. The molecule has 0 aliphatic rings. The van der Waals surface area contributed by atoms with Crippen molar-refractivity contribution in [3.8, 4) is 0 Å². The summed E-state index contributed by atoms with van der Waals surface area (Å²) in [6, 6.07) is 0. The molecule has 0 aromatic rings. The van der Waals surface area contributed by atoms with Crippen molar-refractivity contribution >= 4 is 95.0 Å². The molecule has 0 atom stereocenters. The molecule has 0 fully saturated rings. The first-order chi connectivity index (χ1) is 22.5. The van der Waals surface area contributed by atoms with E-state index in [1.54, 1.807) is 35.9 Å². The minimum absolute atomic E-state index is 0. The third kappa shape index (κ3) is 30.9. The van der Waals surface area contributed by atoms with Crippen LogP contribution in [0.3, 0.4) is 0 Å². The molecule has 0 unspecified atom stereocenters. The Morgan fingerprint density at radius 2 is 0.200 bits per heavy atom. The average Bonchev–Trinajstić information content (AvgIpc) is 2.61. The van der Waals surface area contributed by atoms with Crippen LogP contribution in [0, 0.1) is 0 Å². The van der Waals surface area contributed by atoms with Gasteiger partial charge in [-0.05, 0) is 60.5 Å². The van der Waals surface area contributed by atoms with Crippen molar-refractivity contribution in [2.24, 2.45) is 0 Å². The molecule has 0 rings (SSSR count). The van der Waals surface area contributed by atoms with E-state index in [0.717, 1.165) is 0 Å². The average molecular weight is 1150 g/mol. The van der Waals surface area contributed by atoms with Gasteiger partial charge in [0.05, 0.1) is 35.2 Å². The summed E-state index contributed by atoms with van der Waals surface area (Å²) in [5.41, 5.74) is 0. The number of hydrogen-bond donors (Lipinski definition) is 0. The normalized spacial score (nSPS) is 14.5. The maximum absolute atomic E-state index is 2.40. The Bertz CT molecular complexity index is 711. The minimum atomic E-state index is -0.391. The molecule has 55 heavy (non-hydrogen) atoms. The predicted octanol–water partition coefficient (Wildman–Crippen LogP) is 18.4. The van der Waals surface area contributed by atoms with Gasteiger partial charge in [0.2, 0.25) is 0 Å². The van der Waals surface area contributed by atoms with Crippen LogP contribution in [0.25, 0.3) is 0 Å². The second kappa shape index (κ2) is 23.8. The number of hydrogen-bond acceptors (Lipinski definition) is 0. The molecule has 0 amide bonds. The van der Waals surface area contributed by atoms with Crippen LogP contribution in [0.5, 0.6) is 0 Å². The van der Waals surface area contributed by atoms with Crippen LogP contribution in [0.15, 0.2) is 0 Å². The van der Waals surface area contributed by atoms with E-state index in [1.165, 1.54) is 0 Å². The first-order valence-corrected chi connectivity index (χ1v) is 38.2. The van der Waals surface area contributed by atoms with Crippen LogP contribution in [0.4, 0.5) is 0 Å². The second-order valence-corrected chi connectivity index (χ2v) is 49.5. The Hall–Kier alpha value is 3.26. The van der Waals surface area contributed by atoms with Crippen molar-refractivity contribution < 1.29 is 0 Å². The molecule has 0 N–H and O–H groups in total. The molecule has 0 heterocycles. The van der Waals surface area contributed by atoms with Crippen molar-refractivity contribution in [2.45, 2.75) is 310 Å². The van der Waals surface area contributed by atoms with Gasteiger partial charge >= 0.3 is 35.9 Å². The molecule has 0 saturated heterocycles. The molecule has 0 bridgehead atoms. The summed E-state index contributed by atoms with van der Waals surface area (Å²) in [6.07, 6.45) is 0. The molecule has 0 aromatic carbocycles. The molecule has 0 aliphatic heterocycles. The van der Waals surface area contributed by atoms with Crippen molar-refractivity contribution in [1.29, 1.82) is 0 Å². The van der Waals surface area contributed by atoms with E-state index in [0.29, 0.717) is 60.5 Å². The Balaban J connectivity index is -0.000000142. The molecule has 328 valence electrons. The first-order valence-electron chi connectivity index (χ1n) is 21.2. The fourth-order valence-electron chi connectivity index (χ4n) is 13.5. The molecule has 0 saturated carbocycles. The van der Waals surface area contributed by atoms with Gasteiger partial charge in [-0.25, -0.2) is 0 Å². The van der Waals surface area contributed by atoms with Crippen LogP contribution in [-0.2, 0) is 0 Å². The topological polar surface area (TPSA) is 0 Å². The van der Waals surface area contributed by atoms with Gasteiger partial charge < -0.3 is 0 Å². The second-order valence-electron chi connectivity index (χ2n) is 28.5. The van der Waals surface area contributed by atoms with Crippen LogP contribution >= 0.6 is 0 Å². The van der Waals surface area contributed by atoms with Crippen molar-refractivity contribution in [3.05, 3.63) is 0 Å². The van der Waals surface area contributed by atoms with Crippen molar-refractivity contribution in [2.75, 3.05) is 0 Å². The zero-order valence-corrected chi connectivity index (χ0v) is 58.1. The number of rotatable bonds is 0. The van der Waals surface area contributed by atoms with E-state index in [1.807, 2.05) is 0 Å². The summed E-state index contributed by atoms with van der Waals surface area (Å²) in [7, 11) is -1.56. The van der Waals surface area contributed by atoms with Gasteiger partial charge in [-0.2, -0.15) is 0 Å². The predicted molar refractivity (Wildman–Crippen MR) is 277 cm³/mol. The molecule has 12 radical (unpaired) electrons. The third-order valence-electron chi connectivity index (χ3n) is 9.00. The van der Waals surface area contributed by atoms with E-state index >= 15 is 0 Å². The van der Waals surface area contributed by atoms with E-state index in [4.69, 9.17) is 0 Å². The van der Waals surface area contributed by atoms with E-state index in [9.17, 15) is 0 Å². The quantitative estimate of drug-likeness (QED) is 0.212. The summed E-state index contributed by atoms with van der Waals surface area (Å²) in [4.78, 5) is 0. The fraction of sp³-hybridized carbons (Fsp3) is 1.00. The zero-order chi connectivity index (χ0) is 46.3. The van der Waals surface area contributed by atoms with Gasteiger partial charge in [-0.1, -0.05) is 249 Å². The third-order valence-corrected chi connectivity index (χ3v) is 27.0. The van der Waals surface area contributed by atoms with Crippen molar-refractivity contribution in [3.63, 3.8) is 0 Å². The Labute approximate surface area is 400 Å². The first kappa shape index (κ1) is 69.9. The van der Waals surface area contributed by atoms with Gasteiger partial charge in [-0.3, -0.25) is 0 Å². The van der Waals surface area contributed by atoms with Crippen LogP contribution < -0.4 is 0 Å². The maximum atomic E-state index is 2.40. The summed E-state index contributed by atoms with van der Waals surface area (Å²) in [5, 5.41) is 5.85.